The van der Waals surface area contributed by atoms with Gasteiger partial charge in [-0.3, -0.25) is 9.59 Å². The fraction of sp³-hybridized carbons (Fsp3) is 0.737. The molecular formula is C19H29N3O2S. The number of aromatic nitrogens is 1. The number of thiazole rings is 1. The first kappa shape index (κ1) is 18.4. The summed E-state index contributed by atoms with van der Waals surface area (Å²) in [7, 11) is 0. The molecule has 0 spiro atoms. The largest absolute Gasteiger partial charge is 0.343 e. The molecule has 6 heteroatoms. The van der Waals surface area contributed by atoms with Gasteiger partial charge in [0.05, 0.1) is 5.69 Å². The van der Waals surface area contributed by atoms with Crippen molar-refractivity contribution in [3.05, 3.63) is 10.6 Å². The summed E-state index contributed by atoms with van der Waals surface area (Å²) in [5.41, 5.74) is 1.19. The molecule has 3 rings (SSSR count). The molecule has 0 aromatic carbocycles. The molecule has 1 aliphatic heterocycles. The van der Waals surface area contributed by atoms with Crippen LogP contribution in [0.3, 0.4) is 0 Å². The number of hydrogen-bond donors (Lipinski definition) is 1. The second kappa shape index (κ2) is 8.30. The predicted molar refractivity (Wildman–Crippen MR) is 101 cm³/mol. The summed E-state index contributed by atoms with van der Waals surface area (Å²) in [5, 5.41) is 3.80. The number of aryl methyl sites for hydroxylation is 1. The summed E-state index contributed by atoms with van der Waals surface area (Å²) in [4.78, 5) is 32.4. The molecule has 2 aliphatic rings. The summed E-state index contributed by atoms with van der Waals surface area (Å²) in [6.45, 7) is 5.67. The third-order valence-corrected chi connectivity index (χ3v) is 6.57. The van der Waals surface area contributed by atoms with Gasteiger partial charge in [-0.15, -0.1) is 11.3 Å². The molecule has 2 heterocycles. The average molecular weight is 364 g/mol. The number of nitrogens with one attached hydrogen (secondary N) is 1. The standard InChI is InChI=1S/C19H29N3O2S/c1-3-5-17(23)22-10-8-14(9-11-22)18(24)21-19-20-15-7-6-13(4-2)12-16(15)25-19/h13-14H,3-12H2,1-2H3,(H,20,21,24). The maximum Gasteiger partial charge on any atom is 0.229 e. The normalized spacial score (nSPS) is 21.0. The van der Waals surface area contributed by atoms with E-state index < -0.39 is 0 Å². The number of anilines is 1. The molecule has 5 nitrogen and oxygen atoms in total. The molecule has 2 amide bonds. The van der Waals surface area contributed by atoms with Gasteiger partial charge in [-0.25, -0.2) is 4.98 Å². The van der Waals surface area contributed by atoms with Crippen LogP contribution in [0.4, 0.5) is 5.13 Å². The Morgan fingerprint density at radius 1 is 1.24 bits per heavy atom. The van der Waals surface area contributed by atoms with E-state index >= 15 is 0 Å². The first-order valence-corrected chi connectivity index (χ1v) is 10.5. The van der Waals surface area contributed by atoms with Crippen LogP contribution in [-0.4, -0.2) is 34.8 Å². The van der Waals surface area contributed by atoms with Crippen LogP contribution >= 0.6 is 11.3 Å². The van der Waals surface area contributed by atoms with Crippen LogP contribution in [0.2, 0.25) is 0 Å². The highest BCUT2D eigenvalue weighted by molar-refractivity contribution is 7.15. The Labute approximate surface area is 154 Å². The second-order valence-corrected chi connectivity index (χ2v) is 8.38. The number of fused-ring (bicyclic) bond motifs is 1. The third kappa shape index (κ3) is 4.40. The van der Waals surface area contributed by atoms with Crippen molar-refractivity contribution in [1.29, 1.82) is 0 Å². The summed E-state index contributed by atoms with van der Waals surface area (Å²) in [6.07, 6.45) is 7.58. The molecule has 25 heavy (non-hydrogen) atoms. The summed E-state index contributed by atoms with van der Waals surface area (Å²) in [5.74, 6) is 1.05. The van der Waals surface area contributed by atoms with E-state index in [1.807, 2.05) is 11.8 Å². The van der Waals surface area contributed by atoms with E-state index in [2.05, 4.69) is 17.2 Å². The van der Waals surface area contributed by atoms with Gasteiger partial charge in [0.15, 0.2) is 5.13 Å². The number of carbonyl (C=O) groups excluding carboxylic acids is 2. The number of carbonyl (C=O) groups is 2. The van der Waals surface area contributed by atoms with E-state index in [1.54, 1.807) is 11.3 Å². The van der Waals surface area contributed by atoms with Crippen molar-refractivity contribution < 1.29 is 9.59 Å². The average Bonchev–Trinajstić information content (AvgIpc) is 3.03. The van der Waals surface area contributed by atoms with Gasteiger partial charge in [0.25, 0.3) is 0 Å². The van der Waals surface area contributed by atoms with Crippen molar-refractivity contribution in [2.24, 2.45) is 11.8 Å². The van der Waals surface area contributed by atoms with Crippen LogP contribution in [0.25, 0.3) is 0 Å². The van der Waals surface area contributed by atoms with Gasteiger partial charge in [-0.1, -0.05) is 20.3 Å². The predicted octanol–water partition coefficient (Wildman–Crippen LogP) is 3.64. The topological polar surface area (TPSA) is 62.3 Å². The fourth-order valence-electron chi connectivity index (χ4n) is 3.82. The Morgan fingerprint density at radius 3 is 2.68 bits per heavy atom. The van der Waals surface area contributed by atoms with Crippen molar-refractivity contribution in [3.63, 3.8) is 0 Å². The highest BCUT2D eigenvalue weighted by Gasteiger charge is 2.28. The van der Waals surface area contributed by atoms with Gasteiger partial charge in [-0.2, -0.15) is 0 Å². The van der Waals surface area contributed by atoms with Gasteiger partial charge in [0, 0.05) is 30.3 Å². The highest BCUT2D eigenvalue weighted by Crippen LogP contribution is 2.34. The van der Waals surface area contributed by atoms with Crippen LogP contribution in [0.15, 0.2) is 0 Å². The Bertz CT molecular complexity index is 620. The third-order valence-electron chi connectivity index (χ3n) is 5.53. The zero-order chi connectivity index (χ0) is 17.8. The maximum absolute atomic E-state index is 12.6. The van der Waals surface area contributed by atoms with E-state index in [0.29, 0.717) is 19.5 Å². The van der Waals surface area contributed by atoms with Crippen LogP contribution in [-0.2, 0) is 22.4 Å². The van der Waals surface area contributed by atoms with Crippen molar-refractivity contribution in [2.75, 3.05) is 18.4 Å². The number of amides is 2. The molecule has 0 bridgehead atoms. The number of rotatable bonds is 5. The Morgan fingerprint density at radius 2 is 2.00 bits per heavy atom. The molecule has 1 unspecified atom stereocenters. The minimum atomic E-state index is -0.00463. The maximum atomic E-state index is 12.6. The molecule has 1 aromatic heterocycles. The first-order chi connectivity index (χ1) is 12.1. The molecule has 138 valence electrons. The zero-order valence-electron chi connectivity index (χ0n) is 15.3. The molecule has 1 aromatic rings. The number of likely N-dealkylation sites (tertiary alicyclic amines) is 1. The van der Waals surface area contributed by atoms with Crippen LogP contribution in [0, 0.1) is 11.8 Å². The molecule has 1 atom stereocenters. The Hall–Kier alpha value is -1.43. The van der Waals surface area contributed by atoms with E-state index in [4.69, 9.17) is 0 Å². The van der Waals surface area contributed by atoms with E-state index in [9.17, 15) is 9.59 Å². The summed E-state index contributed by atoms with van der Waals surface area (Å²) >= 11 is 1.65. The first-order valence-electron chi connectivity index (χ1n) is 9.67. The van der Waals surface area contributed by atoms with Crippen LogP contribution in [0.5, 0.6) is 0 Å². The molecule has 1 aliphatic carbocycles. The highest BCUT2D eigenvalue weighted by atomic mass is 32.1. The van der Waals surface area contributed by atoms with Crippen LogP contribution < -0.4 is 5.32 Å². The van der Waals surface area contributed by atoms with E-state index in [1.165, 1.54) is 23.4 Å². The minimum absolute atomic E-state index is 0.00463. The quantitative estimate of drug-likeness (QED) is 0.869. The van der Waals surface area contributed by atoms with Gasteiger partial charge >= 0.3 is 0 Å². The van der Waals surface area contributed by atoms with Crippen molar-refractivity contribution in [3.8, 4) is 0 Å². The lowest BCUT2D eigenvalue weighted by molar-refractivity contribution is -0.134. The van der Waals surface area contributed by atoms with E-state index in [-0.39, 0.29) is 17.7 Å². The van der Waals surface area contributed by atoms with Crippen molar-refractivity contribution in [1.82, 2.24) is 9.88 Å². The zero-order valence-corrected chi connectivity index (χ0v) is 16.2. The Kier molecular flexibility index (Phi) is 6.10. The second-order valence-electron chi connectivity index (χ2n) is 7.30. The van der Waals surface area contributed by atoms with Crippen LogP contribution in [0.1, 0.15) is 62.9 Å². The number of nitrogens with zero attached hydrogens (tertiary/aromatic N) is 2. The van der Waals surface area contributed by atoms with Gasteiger partial charge in [0.1, 0.15) is 0 Å². The number of hydrogen-bond acceptors (Lipinski definition) is 4. The minimum Gasteiger partial charge on any atom is -0.343 e. The molecule has 1 saturated heterocycles. The summed E-state index contributed by atoms with van der Waals surface area (Å²) in [6, 6.07) is 0. The lowest BCUT2D eigenvalue weighted by Crippen LogP contribution is -2.41. The van der Waals surface area contributed by atoms with E-state index in [0.717, 1.165) is 43.2 Å². The molecule has 0 saturated carbocycles. The van der Waals surface area contributed by atoms with Crippen molar-refractivity contribution in [2.45, 2.75) is 65.2 Å². The number of piperidine rings is 1. The monoisotopic (exact) mass is 363 g/mol. The SMILES string of the molecule is CCCC(=O)N1CCC(C(=O)Nc2nc3c(s2)CC(CC)CC3)CC1. The Balaban J connectivity index is 1.52. The fourth-order valence-corrected chi connectivity index (χ4v) is 4.94. The lowest BCUT2D eigenvalue weighted by atomic mass is 9.89. The van der Waals surface area contributed by atoms with Gasteiger partial charge in [-0.05, 0) is 44.4 Å². The molecule has 1 fully saturated rings. The van der Waals surface area contributed by atoms with Crippen molar-refractivity contribution >= 4 is 28.3 Å². The molecular weight excluding hydrogens is 334 g/mol. The lowest BCUT2D eigenvalue weighted by Gasteiger charge is -2.31. The molecule has 0 radical (unpaired) electrons. The van der Waals surface area contributed by atoms with Gasteiger partial charge < -0.3 is 10.2 Å². The van der Waals surface area contributed by atoms with Gasteiger partial charge in [0.2, 0.25) is 11.8 Å². The molecule has 1 N–H and O–H groups in total. The smallest absolute Gasteiger partial charge is 0.229 e. The summed E-state index contributed by atoms with van der Waals surface area (Å²) < 4.78 is 0.